The van der Waals surface area contributed by atoms with Gasteiger partial charge in [0.25, 0.3) is 0 Å². The molecular weight excluding hydrogens is 398 g/mol. The van der Waals surface area contributed by atoms with Crippen LogP contribution in [0.5, 0.6) is 5.75 Å². The summed E-state index contributed by atoms with van der Waals surface area (Å²) in [5.41, 5.74) is 2.60. The van der Waals surface area contributed by atoms with Gasteiger partial charge in [-0.2, -0.15) is 0 Å². The molecule has 2 N–H and O–H groups in total. The molecule has 1 aliphatic carbocycles. The van der Waals surface area contributed by atoms with Gasteiger partial charge >= 0.3 is 0 Å². The van der Waals surface area contributed by atoms with Crippen molar-refractivity contribution in [1.29, 1.82) is 0 Å². The molecule has 0 aliphatic heterocycles. The van der Waals surface area contributed by atoms with Crippen molar-refractivity contribution < 1.29 is 18.3 Å². The molecule has 0 radical (unpaired) electrons. The van der Waals surface area contributed by atoms with E-state index in [2.05, 4.69) is 17.4 Å². The summed E-state index contributed by atoms with van der Waals surface area (Å²) < 4.78 is 30.1. The first-order valence-electron chi connectivity index (χ1n) is 9.33. The zero-order valence-corrected chi connectivity index (χ0v) is 17.6. The average Bonchev–Trinajstić information content (AvgIpc) is 2.88. The van der Waals surface area contributed by atoms with Gasteiger partial charge in [0.15, 0.2) is 9.84 Å². The standard InChI is InChI=1S/C21H27NO4S.ClH/c1-26-20-11-10-16-6-5-7-18(12-17(16)13-20)22-14-19(23)15-27(24,25)21-8-3-2-4-9-21;/h2-4,8-11,13,18-19,22-23H,5-7,12,14-15H2,1H3;1H/t18?,19-;/m0./s1. The topological polar surface area (TPSA) is 75.6 Å². The van der Waals surface area contributed by atoms with Gasteiger partial charge in [-0.15, -0.1) is 12.4 Å². The molecule has 7 heteroatoms. The fraction of sp³-hybridized carbons (Fsp3) is 0.429. The summed E-state index contributed by atoms with van der Waals surface area (Å²) in [4.78, 5) is 0.250. The minimum absolute atomic E-state index is 0. The predicted molar refractivity (Wildman–Crippen MR) is 113 cm³/mol. The molecule has 3 rings (SSSR count). The van der Waals surface area contributed by atoms with Crippen molar-refractivity contribution in [2.75, 3.05) is 19.4 Å². The van der Waals surface area contributed by atoms with Crippen LogP contribution in [0.2, 0.25) is 0 Å². The quantitative estimate of drug-likeness (QED) is 0.667. The molecule has 0 spiro atoms. The van der Waals surface area contributed by atoms with E-state index in [1.165, 1.54) is 11.1 Å². The lowest BCUT2D eigenvalue weighted by atomic mass is 10.0. The van der Waals surface area contributed by atoms with Gasteiger partial charge in [0.1, 0.15) is 5.75 Å². The molecule has 5 nitrogen and oxygen atoms in total. The molecule has 2 aromatic carbocycles. The van der Waals surface area contributed by atoms with Gasteiger partial charge in [0.2, 0.25) is 0 Å². The van der Waals surface area contributed by atoms with Crippen LogP contribution in [-0.4, -0.2) is 45.1 Å². The number of halogens is 1. The van der Waals surface area contributed by atoms with Gasteiger partial charge in [-0.25, -0.2) is 8.42 Å². The highest BCUT2D eigenvalue weighted by atomic mass is 35.5. The molecule has 154 valence electrons. The lowest BCUT2D eigenvalue weighted by Crippen LogP contribution is -2.39. The number of benzene rings is 2. The van der Waals surface area contributed by atoms with Crippen molar-refractivity contribution in [3.05, 3.63) is 59.7 Å². The number of nitrogens with one attached hydrogen (secondary N) is 1. The number of aliphatic hydroxyl groups is 1. The molecule has 0 fully saturated rings. The maximum Gasteiger partial charge on any atom is 0.180 e. The van der Waals surface area contributed by atoms with Crippen molar-refractivity contribution in [1.82, 2.24) is 5.32 Å². The normalized spacial score (nSPS) is 17.7. The lowest BCUT2D eigenvalue weighted by Gasteiger charge is -2.20. The molecule has 0 bridgehead atoms. The first kappa shape index (κ1) is 22.7. The highest BCUT2D eigenvalue weighted by Gasteiger charge is 2.22. The minimum atomic E-state index is -3.48. The summed E-state index contributed by atoms with van der Waals surface area (Å²) in [6.07, 6.45) is 3.00. The van der Waals surface area contributed by atoms with E-state index < -0.39 is 15.9 Å². The van der Waals surface area contributed by atoms with Gasteiger partial charge in [-0.3, -0.25) is 0 Å². The van der Waals surface area contributed by atoms with Crippen molar-refractivity contribution >= 4 is 22.2 Å². The smallest absolute Gasteiger partial charge is 0.180 e. The van der Waals surface area contributed by atoms with E-state index in [0.29, 0.717) is 0 Å². The number of rotatable bonds is 7. The molecule has 28 heavy (non-hydrogen) atoms. The zero-order valence-electron chi connectivity index (χ0n) is 16.0. The Morgan fingerprint density at radius 1 is 1.18 bits per heavy atom. The molecule has 1 aliphatic rings. The van der Waals surface area contributed by atoms with Gasteiger partial charge in [0.05, 0.1) is 23.9 Å². The third-order valence-electron chi connectivity index (χ3n) is 5.03. The van der Waals surface area contributed by atoms with Crippen molar-refractivity contribution in [3.63, 3.8) is 0 Å². The summed E-state index contributed by atoms with van der Waals surface area (Å²) in [6.45, 7) is 0.260. The van der Waals surface area contributed by atoms with Crippen LogP contribution in [0, 0.1) is 0 Å². The largest absolute Gasteiger partial charge is 0.497 e. The number of hydrogen-bond acceptors (Lipinski definition) is 5. The van der Waals surface area contributed by atoms with Crippen molar-refractivity contribution in [2.45, 2.75) is 42.7 Å². The maximum atomic E-state index is 12.4. The van der Waals surface area contributed by atoms with E-state index in [1.807, 2.05) is 6.07 Å². The number of ether oxygens (including phenoxy) is 1. The van der Waals surface area contributed by atoms with Gasteiger partial charge in [-0.1, -0.05) is 24.3 Å². The van der Waals surface area contributed by atoms with Gasteiger partial charge < -0.3 is 15.2 Å². The monoisotopic (exact) mass is 425 g/mol. The molecule has 0 amide bonds. The van der Waals surface area contributed by atoms with Crippen LogP contribution in [0.1, 0.15) is 24.0 Å². The minimum Gasteiger partial charge on any atom is -0.497 e. The van der Waals surface area contributed by atoms with Crippen LogP contribution >= 0.6 is 12.4 Å². The molecule has 0 heterocycles. The van der Waals surface area contributed by atoms with E-state index in [4.69, 9.17) is 4.74 Å². The van der Waals surface area contributed by atoms with Crippen molar-refractivity contribution in [2.24, 2.45) is 0 Å². The van der Waals surface area contributed by atoms with Crippen LogP contribution in [0.3, 0.4) is 0 Å². The fourth-order valence-electron chi connectivity index (χ4n) is 3.58. The summed E-state index contributed by atoms with van der Waals surface area (Å²) in [5.74, 6) is 0.574. The average molecular weight is 426 g/mol. The molecule has 0 saturated carbocycles. The van der Waals surface area contributed by atoms with E-state index >= 15 is 0 Å². The maximum absolute atomic E-state index is 12.4. The van der Waals surface area contributed by atoms with E-state index in [9.17, 15) is 13.5 Å². The Morgan fingerprint density at radius 3 is 2.64 bits per heavy atom. The van der Waals surface area contributed by atoms with Crippen LogP contribution in [0.4, 0.5) is 0 Å². The Labute approximate surface area is 173 Å². The molecular formula is C21H28ClNO4S. The first-order chi connectivity index (χ1) is 13.0. The summed E-state index contributed by atoms with van der Waals surface area (Å²) in [6, 6.07) is 14.7. The molecule has 0 saturated heterocycles. The number of hydrogen-bond donors (Lipinski definition) is 2. The van der Waals surface area contributed by atoms with Crippen LogP contribution in [0.25, 0.3) is 0 Å². The van der Waals surface area contributed by atoms with Crippen LogP contribution in [-0.2, 0) is 22.7 Å². The SMILES string of the molecule is COc1ccc2c(c1)CC(NC[C@H](O)CS(=O)(=O)c1ccccc1)CCC2.Cl. The van der Waals surface area contributed by atoms with Gasteiger partial charge in [-0.05, 0) is 61.1 Å². The molecule has 2 atom stereocenters. The summed E-state index contributed by atoms with van der Waals surface area (Å²) >= 11 is 0. The molecule has 2 aromatic rings. The third-order valence-corrected chi connectivity index (χ3v) is 6.85. The highest BCUT2D eigenvalue weighted by Crippen LogP contribution is 2.25. The van der Waals surface area contributed by atoms with E-state index in [0.717, 1.165) is 31.4 Å². The van der Waals surface area contributed by atoms with Crippen LogP contribution in [0.15, 0.2) is 53.4 Å². The number of sulfone groups is 1. The Bertz CT molecular complexity index is 858. The Hall–Kier alpha value is -1.60. The number of fused-ring (bicyclic) bond motifs is 1. The lowest BCUT2D eigenvalue weighted by molar-refractivity contribution is 0.187. The van der Waals surface area contributed by atoms with E-state index in [-0.39, 0.29) is 35.6 Å². The molecule has 1 unspecified atom stereocenters. The highest BCUT2D eigenvalue weighted by molar-refractivity contribution is 7.91. The first-order valence-corrected chi connectivity index (χ1v) is 11.0. The van der Waals surface area contributed by atoms with Crippen LogP contribution < -0.4 is 10.1 Å². The summed E-state index contributed by atoms with van der Waals surface area (Å²) in [7, 11) is -1.82. The number of aryl methyl sites for hydroxylation is 1. The second-order valence-corrected chi connectivity index (χ2v) is 9.12. The Balaban J connectivity index is 0.00000280. The third kappa shape index (κ3) is 5.95. The fourth-order valence-corrected chi connectivity index (χ4v) is 4.97. The van der Waals surface area contributed by atoms with E-state index in [1.54, 1.807) is 37.4 Å². The predicted octanol–water partition coefficient (Wildman–Crippen LogP) is 2.79. The van der Waals surface area contributed by atoms with Gasteiger partial charge in [0, 0.05) is 12.6 Å². The summed E-state index contributed by atoms with van der Waals surface area (Å²) in [5, 5.41) is 13.6. The Morgan fingerprint density at radius 2 is 1.93 bits per heavy atom. The molecule has 0 aromatic heterocycles. The Kier molecular flexibility index (Phi) is 8.31. The van der Waals surface area contributed by atoms with Crippen molar-refractivity contribution in [3.8, 4) is 5.75 Å². The zero-order chi connectivity index (χ0) is 19.3. The number of methoxy groups -OCH3 is 1. The number of aliphatic hydroxyl groups excluding tert-OH is 1. The second kappa shape index (κ2) is 10.3. The second-order valence-electron chi connectivity index (χ2n) is 7.08.